The predicted octanol–water partition coefficient (Wildman–Crippen LogP) is 3.86. The molecular formula is C12H7BrF3NOS. The molecule has 0 aliphatic carbocycles. The van der Waals surface area contributed by atoms with Gasteiger partial charge < -0.3 is 5.32 Å². The molecule has 2 aromatic rings. The Bertz CT molecular complexity index is 606. The molecule has 19 heavy (non-hydrogen) atoms. The molecule has 1 amide bonds. The van der Waals surface area contributed by atoms with Crippen molar-refractivity contribution in [3.63, 3.8) is 0 Å². The van der Waals surface area contributed by atoms with Crippen molar-refractivity contribution < 1.29 is 18.0 Å². The van der Waals surface area contributed by atoms with Crippen molar-refractivity contribution in [2.24, 2.45) is 0 Å². The van der Waals surface area contributed by atoms with Crippen LogP contribution in [0.2, 0.25) is 0 Å². The molecular weight excluding hydrogens is 343 g/mol. The Morgan fingerprint density at radius 1 is 1.21 bits per heavy atom. The lowest BCUT2D eigenvalue weighted by Gasteiger charge is -2.06. The van der Waals surface area contributed by atoms with Gasteiger partial charge >= 0.3 is 0 Å². The highest BCUT2D eigenvalue weighted by Gasteiger charge is 2.18. The molecule has 0 fully saturated rings. The molecule has 0 bridgehead atoms. The average molecular weight is 350 g/mol. The fraction of sp³-hybridized carbons (Fsp3) is 0.0833. The molecule has 0 saturated carbocycles. The summed E-state index contributed by atoms with van der Waals surface area (Å²) in [5.74, 6) is -4.42. The first-order chi connectivity index (χ1) is 8.97. The highest BCUT2D eigenvalue weighted by Crippen LogP contribution is 2.20. The summed E-state index contributed by atoms with van der Waals surface area (Å²) in [6, 6.07) is 2.72. The van der Waals surface area contributed by atoms with E-state index in [0.29, 0.717) is 12.1 Å². The number of rotatable bonds is 3. The Labute approximate surface area is 119 Å². The summed E-state index contributed by atoms with van der Waals surface area (Å²) in [4.78, 5) is 12.5. The molecule has 1 aromatic heterocycles. The molecule has 0 spiro atoms. The Morgan fingerprint density at radius 3 is 2.37 bits per heavy atom. The normalized spacial score (nSPS) is 10.5. The van der Waals surface area contributed by atoms with Crippen molar-refractivity contribution in [3.8, 4) is 0 Å². The molecule has 2 rings (SSSR count). The van der Waals surface area contributed by atoms with Gasteiger partial charge in [-0.3, -0.25) is 4.79 Å². The monoisotopic (exact) mass is 349 g/mol. The zero-order valence-electron chi connectivity index (χ0n) is 9.34. The molecule has 0 aliphatic heterocycles. The third-order valence-corrected chi connectivity index (χ3v) is 3.98. The lowest BCUT2D eigenvalue weighted by atomic mass is 10.2. The molecule has 0 radical (unpaired) electrons. The summed E-state index contributed by atoms with van der Waals surface area (Å²) in [7, 11) is 0. The second-order valence-electron chi connectivity index (χ2n) is 3.66. The molecule has 2 nitrogen and oxygen atoms in total. The Kier molecular flexibility index (Phi) is 4.26. The molecule has 1 heterocycles. The number of thiophene rings is 1. The van der Waals surface area contributed by atoms with Gasteiger partial charge in [-0.1, -0.05) is 0 Å². The van der Waals surface area contributed by atoms with Gasteiger partial charge in [-0.25, -0.2) is 13.2 Å². The Morgan fingerprint density at radius 2 is 1.84 bits per heavy atom. The van der Waals surface area contributed by atoms with Gasteiger partial charge in [0.25, 0.3) is 5.91 Å². The zero-order chi connectivity index (χ0) is 14.0. The van der Waals surface area contributed by atoms with E-state index in [1.54, 1.807) is 6.07 Å². The van der Waals surface area contributed by atoms with Crippen LogP contribution in [0.5, 0.6) is 0 Å². The summed E-state index contributed by atoms with van der Waals surface area (Å²) in [5, 5.41) is 4.20. The number of amides is 1. The van der Waals surface area contributed by atoms with Gasteiger partial charge in [-0.05, 0) is 22.0 Å². The maximum atomic E-state index is 13.3. The van der Waals surface area contributed by atoms with Crippen molar-refractivity contribution in [2.45, 2.75) is 6.54 Å². The SMILES string of the molecule is O=C(NCc1cc(Br)cs1)c1c(F)cc(F)cc1F. The number of benzene rings is 1. The second kappa shape index (κ2) is 5.75. The van der Waals surface area contributed by atoms with E-state index in [1.807, 2.05) is 5.38 Å². The number of carbonyl (C=O) groups excluding carboxylic acids is 1. The molecule has 0 aliphatic rings. The van der Waals surface area contributed by atoms with Crippen molar-refractivity contribution in [3.05, 3.63) is 55.9 Å². The highest BCUT2D eigenvalue weighted by molar-refractivity contribution is 9.10. The number of halogens is 4. The van der Waals surface area contributed by atoms with E-state index >= 15 is 0 Å². The first-order valence-electron chi connectivity index (χ1n) is 5.13. The maximum Gasteiger partial charge on any atom is 0.257 e. The van der Waals surface area contributed by atoms with Crippen molar-refractivity contribution >= 4 is 33.2 Å². The minimum absolute atomic E-state index is 0.144. The largest absolute Gasteiger partial charge is 0.347 e. The van der Waals surface area contributed by atoms with Crippen LogP contribution in [0.25, 0.3) is 0 Å². The minimum Gasteiger partial charge on any atom is -0.347 e. The summed E-state index contributed by atoms with van der Waals surface area (Å²) >= 11 is 4.64. The molecule has 1 N–H and O–H groups in total. The van der Waals surface area contributed by atoms with Crippen LogP contribution in [0.15, 0.2) is 28.1 Å². The molecule has 0 atom stereocenters. The van der Waals surface area contributed by atoms with Crippen molar-refractivity contribution in [2.75, 3.05) is 0 Å². The smallest absolute Gasteiger partial charge is 0.257 e. The average Bonchev–Trinajstić information content (AvgIpc) is 2.71. The summed E-state index contributed by atoms with van der Waals surface area (Å²) in [6.45, 7) is 0.144. The van der Waals surface area contributed by atoms with Crippen LogP contribution in [0.1, 0.15) is 15.2 Å². The van der Waals surface area contributed by atoms with Gasteiger partial charge in [0, 0.05) is 26.9 Å². The standard InChI is InChI=1S/C12H7BrF3NOS/c13-6-1-8(19-5-6)4-17-12(18)11-9(15)2-7(14)3-10(11)16/h1-3,5H,4H2,(H,17,18). The first-order valence-corrected chi connectivity index (χ1v) is 6.80. The van der Waals surface area contributed by atoms with Crippen LogP contribution in [-0.2, 0) is 6.54 Å². The van der Waals surface area contributed by atoms with Crippen LogP contribution in [0, 0.1) is 17.5 Å². The number of hydrogen-bond donors (Lipinski definition) is 1. The molecule has 0 saturated heterocycles. The van der Waals surface area contributed by atoms with E-state index in [2.05, 4.69) is 21.2 Å². The molecule has 100 valence electrons. The predicted molar refractivity (Wildman–Crippen MR) is 69.5 cm³/mol. The van der Waals surface area contributed by atoms with Crippen molar-refractivity contribution in [1.82, 2.24) is 5.32 Å². The van der Waals surface area contributed by atoms with Crippen LogP contribution < -0.4 is 5.32 Å². The first kappa shape index (κ1) is 14.1. The summed E-state index contributed by atoms with van der Waals surface area (Å²) < 4.78 is 40.3. The van der Waals surface area contributed by atoms with Crippen molar-refractivity contribution in [1.29, 1.82) is 0 Å². The van der Waals surface area contributed by atoms with Crippen LogP contribution in [0.3, 0.4) is 0 Å². The topological polar surface area (TPSA) is 29.1 Å². The van der Waals surface area contributed by atoms with E-state index in [4.69, 9.17) is 0 Å². The molecule has 1 aromatic carbocycles. The fourth-order valence-electron chi connectivity index (χ4n) is 1.46. The van der Waals surface area contributed by atoms with Crippen LogP contribution in [-0.4, -0.2) is 5.91 Å². The number of carbonyl (C=O) groups is 1. The zero-order valence-corrected chi connectivity index (χ0v) is 11.7. The van der Waals surface area contributed by atoms with Crippen LogP contribution >= 0.6 is 27.3 Å². The third kappa shape index (κ3) is 3.36. The lowest BCUT2D eigenvalue weighted by Crippen LogP contribution is -2.24. The lowest BCUT2D eigenvalue weighted by molar-refractivity contribution is 0.0942. The maximum absolute atomic E-state index is 13.3. The quantitative estimate of drug-likeness (QED) is 0.895. The van der Waals surface area contributed by atoms with Gasteiger partial charge in [-0.2, -0.15) is 0 Å². The van der Waals surface area contributed by atoms with E-state index in [0.717, 1.165) is 9.35 Å². The Balaban J connectivity index is 2.12. The van der Waals surface area contributed by atoms with Gasteiger partial charge in [-0.15, -0.1) is 11.3 Å². The van der Waals surface area contributed by atoms with E-state index < -0.39 is 28.9 Å². The second-order valence-corrected chi connectivity index (χ2v) is 5.57. The molecule has 0 unspecified atom stereocenters. The van der Waals surface area contributed by atoms with Gasteiger partial charge in [0.2, 0.25) is 0 Å². The van der Waals surface area contributed by atoms with E-state index in [9.17, 15) is 18.0 Å². The fourth-order valence-corrected chi connectivity index (χ4v) is 2.85. The van der Waals surface area contributed by atoms with E-state index in [-0.39, 0.29) is 6.54 Å². The molecule has 7 heteroatoms. The van der Waals surface area contributed by atoms with Gasteiger partial charge in [0.1, 0.15) is 23.0 Å². The summed E-state index contributed by atoms with van der Waals surface area (Å²) in [6.07, 6.45) is 0. The Hall–Kier alpha value is -1.34. The van der Waals surface area contributed by atoms with Gasteiger partial charge in [0.05, 0.1) is 6.54 Å². The number of nitrogens with one attached hydrogen (secondary N) is 1. The third-order valence-electron chi connectivity index (χ3n) is 2.28. The highest BCUT2D eigenvalue weighted by atomic mass is 79.9. The van der Waals surface area contributed by atoms with E-state index in [1.165, 1.54) is 11.3 Å². The minimum atomic E-state index is -1.22. The van der Waals surface area contributed by atoms with Crippen LogP contribution in [0.4, 0.5) is 13.2 Å². The van der Waals surface area contributed by atoms with Gasteiger partial charge in [0.15, 0.2) is 0 Å². The summed E-state index contributed by atoms with van der Waals surface area (Å²) in [5.41, 5.74) is -0.781. The number of hydrogen-bond acceptors (Lipinski definition) is 2.